The van der Waals surface area contributed by atoms with E-state index in [4.69, 9.17) is 11.5 Å². The fraction of sp³-hybridized carbons (Fsp3) is 0.519. The molecule has 4 aromatic carbocycles. The summed E-state index contributed by atoms with van der Waals surface area (Å²) in [7, 11) is -14.1. The first-order valence-electron chi connectivity index (χ1n) is 38.0. The van der Waals surface area contributed by atoms with Crippen molar-refractivity contribution in [2.45, 2.75) is 99.7 Å². The molecule has 6 saturated heterocycles. The molecule has 0 saturated carbocycles. The first kappa shape index (κ1) is 85.3. The molecule has 4 aromatic rings. The minimum atomic E-state index is -4.35. The molecule has 0 aliphatic carbocycles. The zero-order valence-corrected chi connectivity index (χ0v) is 67.8. The van der Waals surface area contributed by atoms with Gasteiger partial charge in [0, 0.05) is 112 Å². The molecule has 10 N–H and O–H groups in total. The van der Waals surface area contributed by atoms with E-state index in [1.807, 2.05) is 97.9 Å². The van der Waals surface area contributed by atoms with Gasteiger partial charge in [-0.3, -0.25) is 37.9 Å². The highest BCUT2D eigenvalue weighted by Gasteiger charge is 2.52. The predicted octanol–water partition coefficient (Wildman–Crippen LogP) is 3.10. The quantitative estimate of drug-likeness (QED) is 0.0138. The van der Waals surface area contributed by atoms with Crippen molar-refractivity contribution in [3.8, 4) is 0 Å². The van der Waals surface area contributed by atoms with Gasteiger partial charge in [0.2, 0.25) is 49.4 Å². The third kappa shape index (κ3) is 21.4. The number of rotatable bonds is 39. The molecule has 0 aromatic heterocycles. The number of amides is 6. The van der Waals surface area contributed by atoms with E-state index < -0.39 is 86.2 Å². The van der Waals surface area contributed by atoms with Crippen molar-refractivity contribution in [1.29, 1.82) is 0 Å². The number of piperazine rings is 6. The Kier molecular flexibility index (Phi) is 26.7. The lowest BCUT2D eigenvalue weighted by atomic mass is 9.81. The van der Waals surface area contributed by atoms with Gasteiger partial charge >= 0.3 is 0 Å². The number of nitrogens with one attached hydrogen (secondary N) is 4. The van der Waals surface area contributed by atoms with Crippen molar-refractivity contribution in [1.82, 2.24) is 19.2 Å². The summed E-state index contributed by atoms with van der Waals surface area (Å²) < 4.78 is 132. The second kappa shape index (κ2) is 34.7. The molecule has 111 heavy (non-hydrogen) atoms. The van der Waals surface area contributed by atoms with Gasteiger partial charge in [0.1, 0.15) is 85.1 Å². The highest BCUT2D eigenvalue weighted by molar-refractivity contribution is 7.89. The Hall–Kier alpha value is -8.13. The van der Waals surface area contributed by atoms with Crippen LogP contribution < -0.4 is 37.6 Å². The molecule has 12 rings (SSSR count). The summed E-state index contributed by atoms with van der Waals surface area (Å²) in [4.78, 5) is 76.8. The van der Waals surface area contributed by atoms with Crippen molar-refractivity contribution < 1.29 is 94.1 Å². The molecule has 34 heteroatoms. The molecule has 0 atom stereocenters. The van der Waals surface area contributed by atoms with Crippen LogP contribution in [-0.2, 0) is 92.7 Å². The Morgan fingerprint density at radius 1 is 0.523 bits per heavy atom. The molecule has 8 heterocycles. The molecular weight excluding hydrogens is 1510 g/mol. The van der Waals surface area contributed by atoms with Crippen molar-refractivity contribution in [3.05, 3.63) is 143 Å². The van der Waals surface area contributed by atoms with Gasteiger partial charge in [0.25, 0.3) is 32.1 Å². The fourth-order valence-electron chi connectivity index (χ4n) is 16.7. The van der Waals surface area contributed by atoms with E-state index in [0.717, 1.165) is 142 Å². The lowest BCUT2D eigenvalue weighted by Crippen LogP contribution is -2.76. The topological polar surface area (TPSA) is 392 Å². The molecule has 0 unspecified atom stereocenters. The lowest BCUT2D eigenvalue weighted by Gasteiger charge is -2.55. The summed E-state index contributed by atoms with van der Waals surface area (Å²) >= 11 is 0. The number of nitrogens with zero attached hydrogens (tertiary/aromatic N) is 8. The van der Waals surface area contributed by atoms with Crippen molar-refractivity contribution in [3.63, 3.8) is 0 Å². The van der Waals surface area contributed by atoms with E-state index in [1.165, 1.54) is 26.2 Å². The standard InChI is InChI=1S/C77H106N14O16S4/c1-76(2)64-52-62(110(104,105)84(5)32-10-16-72(94)80-54-74(96)82-60-22-18-58(19-23-60)30-36-88-38-44-90(45-39-88,46-40-88)56-70(78)92)26-28-66(64)86(34-12-50-108(98,99)100)68(76)14-8-7-9-15-69-77(3,4)65-53-63(27-29-67(65)87(69)35-13-51-109(101,102)103)111(106,107)85(6)33-11-17-73(95)81-55-75(97)83-61-24-20-59(21-25-61)31-37-89-41-47-91(48-42-89,49-43-89)57-71(79)93/h7-9,14-15,18-29,52-53H,10-13,16-17,30-51,54-57H2,1-6H3,(H5-5,78,79,80,81,82,83,92,93,94,95,96,97,98,99,100,101,102,103)/p+5. The van der Waals surface area contributed by atoms with Gasteiger partial charge < -0.3 is 55.6 Å². The van der Waals surface area contributed by atoms with Gasteiger partial charge in [-0.2, -0.15) is 21.4 Å². The number of allylic oxidation sites excluding steroid dienone is 6. The minimum Gasteiger partial charge on any atom is -0.365 e. The number of quaternary nitrogens is 4. The molecule has 8 aliphatic rings. The number of nitrogens with two attached hydrogens (primary N) is 2. The summed E-state index contributed by atoms with van der Waals surface area (Å²) in [6, 6.07) is 24.6. The van der Waals surface area contributed by atoms with E-state index in [1.54, 1.807) is 42.5 Å². The molecule has 6 fully saturated rings. The lowest BCUT2D eigenvalue weighted by molar-refractivity contribution is -1.08. The Balaban J connectivity index is 0.710. The van der Waals surface area contributed by atoms with Crippen LogP contribution in [0.5, 0.6) is 0 Å². The van der Waals surface area contributed by atoms with Gasteiger partial charge in [-0.15, -0.1) is 0 Å². The Bertz CT molecular complexity index is 4750. The second-order valence-corrected chi connectivity index (χ2v) is 39.3. The molecule has 30 nitrogen and oxygen atoms in total. The van der Waals surface area contributed by atoms with Crippen molar-refractivity contribution in [2.75, 3.05) is 185 Å². The smallest absolute Gasteiger partial charge is 0.272 e. The average molecular weight is 1620 g/mol. The average Bonchev–Trinajstić information content (AvgIpc) is 1.59. The summed E-state index contributed by atoms with van der Waals surface area (Å²) in [5.41, 5.74) is 16.6. The third-order valence-corrected chi connectivity index (χ3v) is 28.9. The number of fused-ring (bicyclic) bond motifs is 8. The van der Waals surface area contributed by atoms with Crippen LogP contribution in [0.25, 0.3) is 0 Å². The Morgan fingerprint density at radius 3 is 1.39 bits per heavy atom. The number of hydrogen-bond acceptors (Lipinski definition) is 15. The first-order chi connectivity index (χ1) is 52.1. The largest absolute Gasteiger partial charge is 0.365 e. The molecule has 4 bridgehead atoms. The SMILES string of the molecule is CN(CCCC(=O)NCC(=O)Nc1ccc(CC[N+]23CC[N+](CC(N)=O)(CC2)CC3)cc1)S(=O)(=O)c1ccc2c(c1)C(C)(C)C(/C=C/C=C/C=C1/N(CCCS(=O)(=O)O)c3ccc(S(=O)(=O)N(C)CCCC(=O)NCC(=O)Nc4ccc(CC[N+]56CC[N+](CC(N)=O)(CC5)CC6)cc4)cc3C1(C)C)=[N+]2CCCS(=O)(=O)O. The van der Waals surface area contributed by atoms with Crippen LogP contribution in [0.1, 0.15) is 88.5 Å². The van der Waals surface area contributed by atoms with Crippen LogP contribution in [-0.4, -0.2) is 285 Å². The molecular formula is C77H111N14O16S4+5. The second-order valence-electron chi connectivity index (χ2n) is 32.0. The molecule has 8 aliphatic heterocycles. The van der Waals surface area contributed by atoms with Crippen LogP contribution in [0.3, 0.4) is 0 Å². The normalized spacial score (nSPS) is 22.4. The first-order valence-corrected chi connectivity index (χ1v) is 44.1. The maximum Gasteiger partial charge on any atom is 0.272 e. The van der Waals surface area contributed by atoms with Crippen LogP contribution in [0, 0.1) is 0 Å². The van der Waals surface area contributed by atoms with E-state index >= 15 is 0 Å². The number of hydrogen-bond donors (Lipinski definition) is 8. The number of anilines is 3. The van der Waals surface area contributed by atoms with E-state index in [9.17, 15) is 71.5 Å². The Morgan fingerprint density at radius 2 is 0.946 bits per heavy atom. The molecule has 604 valence electrons. The Labute approximate surface area is 653 Å². The van der Waals surface area contributed by atoms with Gasteiger partial charge in [0.15, 0.2) is 18.8 Å². The van der Waals surface area contributed by atoms with Crippen LogP contribution in [0.4, 0.5) is 22.7 Å². The highest BCUT2D eigenvalue weighted by Crippen LogP contribution is 2.49. The highest BCUT2D eigenvalue weighted by atomic mass is 32.2. The van der Waals surface area contributed by atoms with Crippen LogP contribution in [0.15, 0.2) is 131 Å². The maximum absolute atomic E-state index is 14.2. The van der Waals surface area contributed by atoms with Gasteiger partial charge in [-0.25, -0.2) is 25.4 Å². The zero-order valence-electron chi connectivity index (χ0n) is 64.6. The van der Waals surface area contributed by atoms with Gasteiger partial charge in [-0.05, 0) is 110 Å². The van der Waals surface area contributed by atoms with Crippen LogP contribution in [0.2, 0.25) is 0 Å². The van der Waals surface area contributed by atoms with Crippen LogP contribution >= 0.6 is 0 Å². The predicted molar refractivity (Wildman–Crippen MR) is 423 cm³/mol. The van der Waals surface area contributed by atoms with E-state index in [-0.39, 0.29) is 99.4 Å². The maximum atomic E-state index is 14.2. The number of sulfonamides is 2. The number of carbonyl (C=O) groups is 6. The van der Waals surface area contributed by atoms with E-state index in [0.29, 0.717) is 58.4 Å². The molecule has 0 radical (unpaired) electrons. The minimum absolute atomic E-state index is 0.0152. The monoisotopic (exact) mass is 1620 g/mol. The van der Waals surface area contributed by atoms with E-state index in [2.05, 4.69) is 21.3 Å². The van der Waals surface area contributed by atoms with Crippen molar-refractivity contribution >= 4 is 104 Å². The van der Waals surface area contributed by atoms with Crippen molar-refractivity contribution in [2.24, 2.45) is 11.5 Å². The summed E-state index contributed by atoms with van der Waals surface area (Å²) in [6.45, 7) is 21.8. The number of primary amides is 2. The van der Waals surface area contributed by atoms with Gasteiger partial charge in [0.05, 0.1) is 52.9 Å². The number of benzene rings is 4. The zero-order chi connectivity index (χ0) is 80.6. The fourth-order valence-corrected chi connectivity index (χ4v) is 20.1. The third-order valence-electron chi connectivity index (χ3n) is 23.6. The summed E-state index contributed by atoms with van der Waals surface area (Å²) in [5, 5.41) is 10.9. The summed E-state index contributed by atoms with van der Waals surface area (Å²) in [6.07, 6.45) is 10.8. The summed E-state index contributed by atoms with van der Waals surface area (Å²) in [5.74, 6) is -3.29. The van der Waals surface area contributed by atoms with Gasteiger partial charge in [-0.1, -0.05) is 56.3 Å². The number of carbonyl (C=O) groups excluding carboxylic acids is 6. The molecule has 6 amide bonds. The molecule has 0 spiro atoms.